The molecule has 4 nitrogen and oxygen atoms in total. The molecule has 0 saturated carbocycles. The zero-order valence-corrected chi connectivity index (χ0v) is 10.4. The number of hydrogen-bond donors (Lipinski definition) is 0. The second-order valence-corrected chi connectivity index (χ2v) is 6.28. The number of hydrogen-bond acceptors (Lipinski definition) is 4. The molecule has 86 valence electrons. The quantitative estimate of drug-likeness (QED) is 0.624. The molecular formula is C8H18ClNO3S. The van der Waals surface area contributed by atoms with E-state index in [1.165, 1.54) is 0 Å². The van der Waals surface area contributed by atoms with Crippen LogP contribution in [0.15, 0.2) is 0 Å². The minimum atomic E-state index is -3.34. The highest BCUT2D eigenvalue weighted by molar-refractivity contribution is 8.13. The van der Waals surface area contributed by atoms with Crippen LogP contribution in [0.1, 0.15) is 13.3 Å². The van der Waals surface area contributed by atoms with Gasteiger partial charge in [0.15, 0.2) is 0 Å². The molecular weight excluding hydrogens is 226 g/mol. The Labute approximate surface area is 90.6 Å². The third kappa shape index (κ3) is 7.55. The van der Waals surface area contributed by atoms with Gasteiger partial charge in [0.05, 0.1) is 12.4 Å². The number of rotatable bonds is 7. The monoisotopic (exact) mass is 243 g/mol. The van der Waals surface area contributed by atoms with Crippen LogP contribution in [0.2, 0.25) is 0 Å². The Morgan fingerprint density at radius 1 is 1.50 bits per heavy atom. The van der Waals surface area contributed by atoms with E-state index in [0.717, 1.165) is 0 Å². The smallest absolute Gasteiger partial charge is 0.232 e. The van der Waals surface area contributed by atoms with E-state index in [1.54, 1.807) is 7.11 Å². The summed E-state index contributed by atoms with van der Waals surface area (Å²) >= 11 is 0. The van der Waals surface area contributed by atoms with Gasteiger partial charge in [-0.2, -0.15) is 0 Å². The van der Waals surface area contributed by atoms with Crippen molar-refractivity contribution >= 4 is 19.7 Å². The molecule has 0 amide bonds. The summed E-state index contributed by atoms with van der Waals surface area (Å²) < 4.78 is 26.2. The van der Waals surface area contributed by atoms with Crippen LogP contribution < -0.4 is 0 Å². The largest absolute Gasteiger partial charge is 0.383 e. The van der Waals surface area contributed by atoms with Crippen LogP contribution in [0.4, 0.5) is 0 Å². The molecule has 0 aromatic carbocycles. The van der Waals surface area contributed by atoms with E-state index in [-0.39, 0.29) is 11.8 Å². The molecule has 0 spiro atoms. The Kier molecular flexibility index (Phi) is 6.68. The highest BCUT2D eigenvalue weighted by Crippen LogP contribution is 2.02. The Morgan fingerprint density at radius 2 is 2.07 bits per heavy atom. The Bertz CT molecular complexity index is 243. The molecule has 0 aliphatic heterocycles. The molecule has 0 bridgehead atoms. The fourth-order valence-corrected chi connectivity index (χ4v) is 1.88. The van der Waals surface area contributed by atoms with Gasteiger partial charge in [0.1, 0.15) is 0 Å². The van der Waals surface area contributed by atoms with Crippen molar-refractivity contribution in [1.29, 1.82) is 0 Å². The first-order valence-electron chi connectivity index (χ1n) is 4.48. The van der Waals surface area contributed by atoms with Crippen LogP contribution in [0.3, 0.4) is 0 Å². The molecule has 0 aliphatic carbocycles. The summed E-state index contributed by atoms with van der Waals surface area (Å²) in [5, 5.41) is 0. The number of likely N-dealkylation sites (N-methyl/N-ethyl adjacent to an activating group) is 1. The van der Waals surface area contributed by atoms with Gasteiger partial charge in [-0.25, -0.2) is 8.42 Å². The van der Waals surface area contributed by atoms with Gasteiger partial charge in [0.25, 0.3) is 0 Å². The molecule has 0 heterocycles. The summed E-state index contributed by atoms with van der Waals surface area (Å²) in [5.74, 6) is 0.0264. The Balaban J connectivity index is 3.68. The first-order valence-corrected chi connectivity index (χ1v) is 6.96. The molecule has 6 heteroatoms. The molecule has 1 atom stereocenters. The number of methoxy groups -OCH3 is 1. The maximum Gasteiger partial charge on any atom is 0.232 e. The highest BCUT2D eigenvalue weighted by Gasteiger charge is 2.10. The van der Waals surface area contributed by atoms with Crippen LogP contribution in [0.25, 0.3) is 0 Å². The third-order valence-electron chi connectivity index (χ3n) is 2.06. The molecule has 0 N–H and O–H groups in total. The van der Waals surface area contributed by atoms with Crippen LogP contribution in [-0.2, 0) is 13.8 Å². The van der Waals surface area contributed by atoms with Gasteiger partial charge in [-0.15, -0.1) is 0 Å². The van der Waals surface area contributed by atoms with E-state index < -0.39 is 9.05 Å². The summed E-state index contributed by atoms with van der Waals surface area (Å²) in [7, 11) is 5.32. The van der Waals surface area contributed by atoms with Crippen LogP contribution in [0, 0.1) is 0 Å². The summed E-state index contributed by atoms with van der Waals surface area (Å²) in [4.78, 5) is 2.05. The minimum absolute atomic E-state index is 0.0264. The maximum atomic E-state index is 10.6. The maximum absolute atomic E-state index is 10.6. The average Bonchev–Trinajstić information content (AvgIpc) is 2.02. The van der Waals surface area contributed by atoms with E-state index in [4.69, 9.17) is 15.4 Å². The molecule has 0 fully saturated rings. The third-order valence-corrected chi connectivity index (χ3v) is 3.30. The lowest BCUT2D eigenvalue weighted by atomic mass is 10.3. The van der Waals surface area contributed by atoms with E-state index in [1.807, 2.05) is 18.9 Å². The lowest BCUT2D eigenvalue weighted by Gasteiger charge is -2.23. The fraction of sp³-hybridized carbons (Fsp3) is 1.00. The predicted molar refractivity (Wildman–Crippen MR) is 58.2 cm³/mol. The van der Waals surface area contributed by atoms with Crippen molar-refractivity contribution < 1.29 is 13.2 Å². The molecule has 0 aromatic rings. The van der Waals surface area contributed by atoms with E-state index in [9.17, 15) is 8.42 Å². The predicted octanol–water partition coefficient (Wildman–Crippen LogP) is 0.912. The van der Waals surface area contributed by atoms with Crippen molar-refractivity contribution in [3.63, 3.8) is 0 Å². The second kappa shape index (κ2) is 6.61. The summed E-state index contributed by atoms with van der Waals surface area (Å²) in [6.45, 7) is 3.37. The first kappa shape index (κ1) is 14.2. The summed E-state index contributed by atoms with van der Waals surface area (Å²) in [5.41, 5.74) is 0. The Morgan fingerprint density at radius 3 is 2.50 bits per heavy atom. The number of nitrogens with zero attached hydrogens (tertiary/aromatic N) is 1. The number of halogens is 1. The topological polar surface area (TPSA) is 46.6 Å². The fourth-order valence-electron chi connectivity index (χ4n) is 1.08. The molecule has 14 heavy (non-hydrogen) atoms. The van der Waals surface area contributed by atoms with Crippen molar-refractivity contribution in [1.82, 2.24) is 4.90 Å². The zero-order valence-electron chi connectivity index (χ0n) is 8.86. The second-order valence-electron chi connectivity index (χ2n) is 3.38. The molecule has 0 rings (SSSR count). The van der Waals surface area contributed by atoms with Crippen molar-refractivity contribution in [2.75, 3.05) is 33.1 Å². The van der Waals surface area contributed by atoms with E-state index in [0.29, 0.717) is 19.6 Å². The van der Waals surface area contributed by atoms with Gasteiger partial charge in [0, 0.05) is 23.8 Å². The van der Waals surface area contributed by atoms with Gasteiger partial charge < -0.3 is 9.64 Å². The summed E-state index contributed by atoms with van der Waals surface area (Å²) in [6.07, 6.45) is 0.552. The normalized spacial score (nSPS) is 14.6. The van der Waals surface area contributed by atoms with Gasteiger partial charge >= 0.3 is 0 Å². The average molecular weight is 244 g/mol. The molecule has 0 saturated heterocycles. The number of ether oxygens (including phenoxy) is 1. The van der Waals surface area contributed by atoms with Gasteiger partial charge in [-0.1, -0.05) is 0 Å². The summed E-state index contributed by atoms with van der Waals surface area (Å²) in [6, 6.07) is 0.290. The van der Waals surface area contributed by atoms with Crippen LogP contribution in [0.5, 0.6) is 0 Å². The van der Waals surface area contributed by atoms with E-state index in [2.05, 4.69) is 0 Å². The molecule has 0 aliphatic rings. The Hall–Kier alpha value is 0.160. The molecule has 0 aromatic heterocycles. The van der Waals surface area contributed by atoms with Crippen molar-refractivity contribution in [2.24, 2.45) is 0 Å². The van der Waals surface area contributed by atoms with E-state index >= 15 is 0 Å². The molecule has 1 unspecified atom stereocenters. The van der Waals surface area contributed by atoms with Crippen molar-refractivity contribution in [3.05, 3.63) is 0 Å². The SMILES string of the molecule is COCC(C)N(C)CCCS(=O)(=O)Cl. The zero-order chi connectivity index (χ0) is 11.2. The van der Waals surface area contributed by atoms with Crippen LogP contribution in [-0.4, -0.2) is 52.4 Å². The first-order chi connectivity index (χ1) is 6.37. The van der Waals surface area contributed by atoms with Crippen molar-refractivity contribution in [3.8, 4) is 0 Å². The van der Waals surface area contributed by atoms with Gasteiger partial charge in [-0.3, -0.25) is 0 Å². The highest BCUT2D eigenvalue weighted by atomic mass is 35.7. The molecule has 0 radical (unpaired) electrons. The minimum Gasteiger partial charge on any atom is -0.383 e. The van der Waals surface area contributed by atoms with Gasteiger partial charge in [0.2, 0.25) is 9.05 Å². The lowest BCUT2D eigenvalue weighted by Crippen LogP contribution is -2.34. The standard InChI is InChI=1S/C8H18ClNO3S/c1-8(7-13-3)10(2)5-4-6-14(9,11)12/h8H,4-7H2,1-3H3. The van der Waals surface area contributed by atoms with Crippen molar-refractivity contribution in [2.45, 2.75) is 19.4 Å². The van der Waals surface area contributed by atoms with Crippen LogP contribution >= 0.6 is 10.7 Å². The lowest BCUT2D eigenvalue weighted by molar-refractivity contribution is 0.116. The van der Waals surface area contributed by atoms with Gasteiger partial charge in [-0.05, 0) is 26.9 Å².